The van der Waals surface area contributed by atoms with Gasteiger partial charge in [0, 0.05) is 12.6 Å². The Morgan fingerprint density at radius 1 is 1.21 bits per heavy atom. The molecule has 0 aromatic carbocycles. The van der Waals surface area contributed by atoms with Crippen molar-refractivity contribution in [3.8, 4) is 0 Å². The highest BCUT2D eigenvalue weighted by Gasteiger charge is 2.11. The molecule has 0 amide bonds. The second-order valence-corrected chi connectivity index (χ2v) is 4.31. The van der Waals surface area contributed by atoms with E-state index >= 15 is 0 Å². The van der Waals surface area contributed by atoms with Crippen LogP contribution in [-0.2, 0) is 4.74 Å². The maximum atomic E-state index is 5.74. The first-order valence-corrected chi connectivity index (χ1v) is 5.98. The van der Waals surface area contributed by atoms with Gasteiger partial charge in [0.05, 0.1) is 6.10 Å². The van der Waals surface area contributed by atoms with Gasteiger partial charge >= 0.3 is 0 Å². The number of rotatable bonds is 8. The van der Waals surface area contributed by atoms with Gasteiger partial charge in [-0.05, 0) is 26.2 Å². The zero-order valence-corrected chi connectivity index (χ0v) is 10.3. The Morgan fingerprint density at radius 3 is 2.29 bits per heavy atom. The smallest absolute Gasteiger partial charge is 0.0695 e. The molecular formula is C12H27NO. The number of hydrogen-bond acceptors (Lipinski definition) is 2. The average Bonchev–Trinajstić information content (AvgIpc) is 2.17. The van der Waals surface area contributed by atoms with Gasteiger partial charge in [0.25, 0.3) is 0 Å². The molecule has 0 rings (SSSR count). The summed E-state index contributed by atoms with van der Waals surface area (Å²) >= 11 is 0. The van der Waals surface area contributed by atoms with E-state index in [1.54, 1.807) is 0 Å². The van der Waals surface area contributed by atoms with Gasteiger partial charge in [-0.15, -0.1) is 0 Å². The van der Waals surface area contributed by atoms with Gasteiger partial charge in [-0.2, -0.15) is 0 Å². The molecule has 0 aromatic heterocycles. The van der Waals surface area contributed by atoms with E-state index in [0.29, 0.717) is 0 Å². The fraction of sp³-hybridized carbons (Fsp3) is 1.00. The highest BCUT2D eigenvalue weighted by atomic mass is 16.5. The molecule has 2 heteroatoms. The lowest BCUT2D eigenvalue weighted by Crippen LogP contribution is -2.32. The standard InChI is InChI=1S/C12H27NO/c1-5-7-8-12(6-2)9-14-11(4)10(3)13/h10-12H,5-9,13H2,1-4H3/t10-,11?,12?/m0/s1. The topological polar surface area (TPSA) is 35.2 Å². The second kappa shape index (κ2) is 8.25. The van der Waals surface area contributed by atoms with Gasteiger partial charge in [-0.3, -0.25) is 0 Å². The van der Waals surface area contributed by atoms with Crippen LogP contribution in [-0.4, -0.2) is 18.8 Å². The molecule has 3 atom stereocenters. The fourth-order valence-corrected chi connectivity index (χ4v) is 1.34. The third-order valence-electron chi connectivity index (χ3n) is 2.88. The van der Waals surface area contributed by atoms with Crippen LogP contribution in [0.4, 0.5) is 0 Å². The highest BCUT2D eigenvalue weighted by Crippen LogP contribution is 2.14. The Balaban J connectivity index is 3.60. The molecule has 0 heterocycles. The predicted molar refractivity (Wildman–Crippen MR) is 62.4 cm³/mol. The monoisotopic (exact) mass is 201 g/mol. The molecule has 0 bridgehead atoms. The zero-order chi connectivity index (χ0) is 11.0. The van der Waals surface area contributed by atoms with E-state index in [1.165, 1.54) is 25.7 Å². The molecule has 0 fully saturated rings. The van der Waals surface area contributed by atoms with Crippen LogP contribution in [0.5, 0.6) is 0 Å². The lowest BCUT2D eigenvalue weighted by molar-refractivity contribution is 0.0253. The minimum atomic E-state index is 0.138. The first kappa shape index (κ1) is 13.9. The maximum Gasteiger partial charge on any atom is 0.0695 e. The van der Waals surface area contributed by atoms with Crippen molar-refractivity contribution >= 4 is 0 Å². The Kier molecular flexibility index (Phi) is 8.20. The summed E-state index contributed by atoms with van der Waals surface area (Å²) in [7, 11) is 0. The quantitative estimate of drug-likeness (QED) is 0.655. The first-order chi connectivity index (χ1) is 6.61. The second-order valence-electron chi connectivity index (χ2n) is 4.31. The summed E-state index contributed by atoms with van der Waals surface area (Å²) in [5.74, 6) is 0.719. The molecule has 0 aliphatic heterocycles. The van der Waals surface area contributed by atoms with Crippen LogP contribution in [0, 0.1) is 5.92 Å². The summed E-state index contributed by atoms with van der Waals surface area (Å²) in [6.45, 7) is 9.40. The largest absolute Gasteiger partial charge is 0.377 e. The van der Waals surface area contributed by atoms with Crippen molar-refractivity contribution in [2.24, 2.45) is 11.7 Å². The van der Waals surface area contributed by atoms with E-state index in [1.807, 2.05) is 6.92 Å². The Labute approximate surface area is 89.2 Å². The third kappa shape index (κ3) is 6.39. The number of ether oxygens (including phenoxy) is 1. The van der Waals surface area contributed by atoms with Crippen molar-refractivity contribution < 1.29 is 4.74 Å². The summed E-state index contributed by atoms with van der Waals surface area (Å²) in [6, 6.07) is 0.138. The van der Waals surface area contributed by atoms with E-state index in [9.17, 15) is 0 Å². The molecule has 2 N–H and O–H groups in total. The molecule has 0 aliphatic carbocycles. The molecule has 0 aliphatic rings. The highest BCUT2D eigenvalue weighted by molar-refractivity contribution is 4.64. The van der Waals surface area contributed by atoms with Crippen molar-refractivity contribution in [3.05, 3.63) is 0 Å². The van der Waals surface area contributed by atoms with Crippen LogP contribution >= 0.6 is 0 Å². The van der Waals surface area contributed by atoms with E-state index in [0.717, 1.165) is 12.5 Å². The van der Waals surface area contributed by atoms with Gasteiger partial charge in [0.2, 0.25) is 0 Å². The molecular weight excluding hydrogens is 174 g/mol. The molecule has 0 spiro atoms. The summed E-state index contributed by atoms with van der Waals surface area (Å²) in [5.41, 5.74) is 5.74. The first-order valence-electron chi connectivity index (χ1n) is 5.98. The van der Waals surface area contributed by atoms with Crippen molar-refractivity contribution in [3.63, 3.8) is 0 Å². The van der Waals surface area contributed by atoms with Crippen LogP contribution in [0.1, 0.15) is 53.4 Å². The van der Waals surface area contributed by atoms with Crippen molar-refractivity contribution in [2.75, 3.05) is 6.61 Å². The number of unbranched alkanes of at least 4 members (excludes halogenated alkanes) is 1. The minimum absolute atomic E-state index is 0.138. The van der Waals surface area contributed by atoms with E-state index in [4.69, 9.17) is 10.5 Å². The van der Waals surface area contributed by atoms with Gasteiger partial charge in [-0.1, -0.05) is 33.1 Å². The summed E-state index contributed by atoms with van der Waals surface area (Å²) in [6.07, 6.45) is 5.28. The molecule has 0 saturated carbocycles. The Bertz CT molecular complexity index is 125. The van der Waals surface area contributed by atoms with Crippen LogP contribution in [0.2, 0.25) is 0 Å². The molecule has 14 heavy (non-hydrogen) atoms. The van der Waals surface area contributed by atoms with E-state index in [-0.39, 0.29) is 12.1 Å². The van der Waals surface area contributed by atoms with Gasteiger partial charge in [0.15, 0.2) is 0 Å². The molecule has 0 saturated heterocycles. The summed E-state index contributed by atoms with van der Waals surface area (Å²) < 4.78 is 5.73. The average molecular weight is 201 g/mol. The van der Waals surface area contributed by atoms with E-state index < -0.39 is 0 Å². The number of nitrogens with two attached hydrogens (primary N) is 1. The van der Waals surface area contributed by atoms with E-state index in [2.05, 4.69) is 20.8 Å². The molecule has 2 unspecified atom stereocenters. The fourth-order valence-electron chi connectivity index (χ4n) is 1.34. The normalized spacial score (nSPS) is 17.8. The van der Waals surface area contributed by atoms with Crippen LogP contribution in [0.15, 0.2) is 0 Å². The van der Waals surface area contributed by atoms with Crippen LogP contribution in [0.25, 0.3) is 0 Å². The van der Waals surface area contributed by atoms with Crippen LogP contribution in [0.3, 0.4) is 0 Å². The summed E-state index contributed by atoms with van der Waals surface area (Å²) in [5, 5.41) is 0. The summed E-state index contributed by atoms with van der Waals surface area (Å²) in [4.78, 5) is 0. The van der Waals surface area contributed by atoms with Gasteiger partial charge in [0.1, 0.15) is 0 Å². The predicted octanol–water partition coefficient (Wildman–Crippen LogP) is 2.96. The molecule has 0 radical (unpaired) electrons. The lowest BCUT2D eigenvalue weighted by Gasteiger charge is -2.21. The Hall–Kier alpha value is -0.0800. The van der Waals surface area contributed by atoms with Crippen LogP contribution < -0.4 is 5.73 Å². The molecule has 86 valence electrons. The van der Waals surface area contributed by atoms with Crippen molar-refractivity contribution in [1.29, 1.82) is 0 Å². The van der Waals surface area contributed by atoms with Gasteiger partial charge < -0.3 is 10.5 Å². The Morgan fingerprint density at radius 2 is 1.86 bits per heavy atom. The molecule has 2 nitrogen and oxygen atoms in total. The SMILES string of the molecule is CCCCC(CC)COC(C)[C@H](C)N. The third-order valence-corrected chi connectivity index (χ3v) is 2.88. The molecule has 0 aromatic rings. The maximum absolute atomic E-state index is 5.74. The number of hydrogen-bond donors (Lipinski definition) is 1. The van der Waals surface area contributed by atoms with Crippen molar-refractivity contribution in [1.82, 2.24) is 0 Å². The van der Waals surface area contributed by atoms with Crippen molar-refractivity contribution in [2.45, 2.75) is 65.5 Å². The minimum Gasteiger partial charge on any atom is -0.377 e. The zero-order valence-electron chi connectivity index (χ0n) is 10.3. The van der Waals surface area contributed by atoms with Gasteiger partial charge in [-0.25, -0.2) is 0 Å². The lowest BCUT2D eigenvalue weighted by atomic mass is 10.0.